The smallest absolute Gasteiger partial charge is 0.343 e. The number of esters is 2. The summed E-state index contributed by atoms with van der Waals surface area (Å²) in [5.41, 5.74) is 2.59. The van der Waals surface area contributed by atoms with Crippen molar-refractivity contribution >= 4 is 22.9 Å². The van der Waals surface area contributed by atoms with Crippen molar-refractivity contribution in [2.45, 2.75) is 26.7 Å². The Labute approximate surface area is 179 Å². The molecule has 0 unspecified atom stereocenters. The second-order valence-electron chi connectivity index (χ2n) is 7.17. The van der Waals surface area contributed by atoms with Gasteiger partial charge in [-0.05, 0) is 49.6 Å². The molecule has 7 heteroatoms. The Morgan fingerprint density at radius 1 is 1.00 bits per heavy atom. The fraction of sp³-hybridized carbons (Fsp3) is 0.292. The van der Waals surface area contributed by atoms with Crippen LogP contribution in [0.1, 0.15) is 33.5 Å². The van der Waals surface area contributed by atoms with E-state index >= 15 is 0 Å². The third kappa shape index (κ3) is 5.79. The van der Waals surface area contributed by atoms with Crippen molar-refractivity contribution in [1.29, 1.82) is 0 Å². The molecule has 2 aromatic carbocycles. The van der Waals surface area contributed by atoms with Gasteiger partial charge in [0.1, 0.15) is 17.9 Å². The summed E-state index contributed by atoms with van der Waals surface area (Å²) in [5, 5.41) is 0.706. The summed E-state index contributed by atoms with van der Waals surface area (Å²) in [6, 6.07) is 11.7. The predicted molar refractivity (Wildman–Crippen MR) is 115 cm³/mol. The highest BCUT2D eigenvalue weighted by molar-refractivity contribution is 5.92. The van der Waals surface area contributed by atoms with E-state index in [2.05, 4.69) is 0 Å². The standard InChI is InChI=1S/C24H24O7/c1-15-4-6-17(7-5-15)24(27)31-20-14-21-19(16(2)12-23(26)30-21)13-18(20)8-9-22(25)29-11-10-28-3/h4-7,12-14H,8-11H2,1-3H3. The topological polar surface area (TPSA) is 92.0 Å². The predicted octanol–water partition coefficient (Wildman–Crippen LogP) is 3.75. The van der Waals surface area contributed by atoms with Gasteiger partial charge in [0.15, 0.2) is 0 Å². The molecule has 0 saturated heterocycles. The maximum atomic E-state index is 12.6. The summed E-state index contributed by atoms with van der Waals surface area (Å²) >= 11 is 0. The molecule has 0 atom stereocenters. The number of rotatable bonds is 8. The van der Waals surface area contributed by atoms with Crippen molar-refractivity contribution in [3.8, 4) is 5.75 Å². The van der Waals surface area contributed by atoms with Crippen molar-refractivity contribution in [1.82, 2.24) is 0 Å². The molecule has 162 valence electrons. The minimum atomic E-state index is -0.543. The Hall–Kier alpha value is -3.45. The van der Waals surface area contributed by atoms with Crippen LogP contribution in [-0.2, 0) is 20.7 Å². The zero-order chi connectivity index (χ0) is 22.4. The van der Waals surface area contributed by atoms with Crippen LogP contribution in [0.25, 0.3) is 11.0 Å². The van der Waals surface area contributed by atoms with Gasteiger partial charge in [-0.25, -0.2) is 9.59 Å². The molecule has 0 aliphatic rings. The number of hydrogen-bond acceptors (Lipinski definition) is 7. The van der Waals surface area contributed by atoms with Crippen molar-refractivity contribution < 1.29 is 28.2 Å². The lowest BCUT2D eigenvalue weighted by Gasteiger charge is -2.12. The lowest BCUT2D eigenvalue weighted by molar-refractivity contribution is -0.144. The van der Waals surface area contributed by atoms with E-state index in [1.165, 1.54) is 19.2 Å². The summed E-state index contributed by atoms with van der Waals surface area (Å²) in [4.78, 5) is 36.4. The molecule has 0 radical (unpaired) electrons. The van der Waals surface area contributed by atoms with Gasteiger partial charge in [-0.1, -0.05) is 17.7 Å². The van der Waals surface area contributed by atoms with E-state index in [4.69, 9.17) is 18.6 Å². The second-order valence-corrected chi connectivity index (χ2v) is 7.17. The number of methoxy groups -OCH3 is 1. The van der Waals surface area contributed by atoms with E-state index in [1.807, 2.05) is 19.1 Å². The van der Waals surface area contributed by atoms with E-state index in [9.17, 15) is 14.4 Å². The average Bonchev–Trinajstić information content (AvgIpc) is 2.73. The van der Waals surface area contributed by atoms with Crippen molar-refractivity contribution in [3.63, 3.8) is 0 Å². The first-order valence-corrected chi connectivity index (χ1v) is 9.88. The van der Waals surface area contributed by atoms with Crippen LogP contribution in [0.3, 0.4) is 0 Å². The highest BCUT2D eigenvalue weighted by Crippen LogP contribution is 2.29. The zero-order valence-electron chi connectivity index (χ0n) is 17.7. The largest absolute Gasteiger partial charge is 0.463 e. The van der Waals surface area contributed by atoms with Crippen LogP contribution in [0.15, 0.2) is 51.7 Å². The summed E-state index contributed by atoms with van der Waals surface area (Å²) in [7, 11) is 1.53. The van der Waals surface area contributed by atoms with Gasteiger partial charge in [-0.3, -0.25) is 4.79 Å². The van der Waals surface area contributed by atoms with Crippen molar-refractivity contribution in [3.05, 3.63) is 75.1 Å². The molecule has 7 nitrogen and oxygen atoms in total. The number of aryl methyl sites for hydroxylation is 3. The fourth-order valence-corrected chi connectivity index (χ4v) is 3.08. The molecule has 0 fully saturated rings. The average molecular weight is 424 g/mol. The molecule has 0 saturated carbocycles. The van der Waals surface area contributed by atoms with Gasteiger partial charge in [0, 0.05) is 31.0 Å². The quantitative estimate of drug-likeness (QED) is 0.235. The van der Waals surface area contributed by atoms with Gasteiger partial charge < -0.3 is 18.6 Å². The van der Waals surface area contributed by atoms with Crippen LogP contribution in [0, 0.1) is 13.8 Å². The number of carbonyl (C=O) groups excluding carboxylic acids is 2. The first-order chi connectivity index (χ1) is 14.9. The van der Waals surface area contributed by atoms with Gasteiger partial charge in [0.2, 0.25) is 0 Å². The van der Waals surface area contributed by atoms with Crippen LogP contribution in [0.5, 0.6) is 5.75 Å². The first kappa shape index (κ1) is 22.2. The molecule has 0 bridgehead atoms. The summed E-state index contributed by atoms with van der Waals surface area (Å²) < 4.78 is 20.9. The van der Waals surface area contributed by atoms with E-state index in [0.717, 1.165) is 11.1 Å². The zero-order valence-corrected chi connectivity index (χ0v) is 17.7. The summed E-state index contributed by atoms with van der Waals surface area (Å²) in [6.45, 7) is 4.21. The van der Waals surface area contributed by atoms with Gasteiger partial charge in [-0.15, -0.1) is 0 Å². The normalized spacial score (nSPS) is 10.8. The molecular formula is C24H24O7. The van der Waals surface area contributed by atoms with Gasteiger partial charge in [-0.2, -0.15) is 0 Å². The van der Waals surface area contributed by atoms with E-state index in [1.54, 1.807) is 25.1 Å². The fourth-order valence-electron chi connectivity index (χ4n) is 3.08. The summed E-state index contributed by atoms with van der Waals surface area (Å²) in [6.07, 6.45) is 0.386. The van der Waals surface area contributed by atoms with Gasteiger partial charge in [0.25, 0.3) is 0 Å². The maximum absolute atomic E-state index is 12.6. The molecule has 31 heavy (non-hydrogen) atoms. The van der Waals surface area contributed by atoms with Crippen LogP contribution in [0.2, 0.25) is 0 Å². The lowest BCUT2D eigenvalue weighted by Crippen LogP contribution is -2.12. The van der Waals surface area contributed by atoms with E-state index in [0.29, 0.717) is 28.7 Å². The Kier molecular flexibility index (Phi) is 7.20. The van der Waals surface area contributed by atoms with Crippen LogP contribution >= 0.6 is 0 Å². The third-order valence-corrected chi connectivity index (χ3v) is 4.77. The number of carbonyl (C=O) groups is 2. The number of fused-ring (bicyclic) bond motifs is 1. The number of benzene rings is 2. The molecule has 0 aliphatic heterocycles. The Bertz CT molecular complexity index is 1140. The maximum Gasteiger partial charge on any atom is 0.343 e. The van der Waals surface area contributed by atoms with Crippen molar-refractivity contribution in [2.75, 3.05) is 20.3 Å². The van der Waals surface area contributed by atoms with E-state index in [-0.39, 0.29) is 31.2 Å². The molecule has 0 amide bonds. The van der Waals surface area contributed by atoms with Crippen LogP contribution < -0.4 is 10.4 Å². The number of ether oxygens (including phenoxy) is 3. The lowest BCUT2D eigenvalue weighted by atomic mass is 10.0. The minimum absolute atomic E-state index is 0.0974. The SMILES string of the molecule is COCCOC(=O)CCc1cc2c(C)cc(=O)oc2cc1OC(=O)c1ccc(C)cc1. The Morgan fingerprint density at radius 3 is 2.45 bits per heavy atom. The Morgan fingerprint density at radius 2 is 1.74 bits per heavy atom. The third-order valence-electron chi connectivity index (χ3n) is 4.77. The first-order valence-electron chi connectivity index (χ1n) is 9.88. The second kappa shape index (κ2) is 10.0. The van der Waals surface area contributed by atoms with Crippen LogP contribution in [0.4, 0.5) is 0 Å². The van der Waals surface area contributed by atoms with Crippen LogP contribution in [-0.4, -0.2) is 32.3 Å². The van der Waals surface area contributed by atoms with Gasteiger partial charge in [0.05, 0.1) is 12.2 Å². The highest BCUT2D eigenvalue weighted by atomic mass is 16.6. The molecule has 0 N–H and O–H groups in total. The van der Waals surface area contributed by atoms with E-state index < -0.39 is 11.6 Å². The number of hydrogen-bond donors (Lipinski definition) is 0. The molecule has 1 aromatic heterocycles. The monoisotopic (exact) mass is 424 g/mol. The van der Waals surface area contributed by atoms with Crippen molar-refractivity contribution in [2.24, 2.45) is 0 Å². The Balaban J connectivity index is 1.90. The minimum Gasteiger partial charge on any atom is -0.463 e. The summed E-state index contributed by atoms with van der Waals surface area (Å²) in [5.74, 6) is -0.695. The molecular weight excluding hydrogens is 400 g/mol. The molecule has 3 aromatic rings. The van der Waals surface area contributed by atoms with Gasteiger partial charge >= 0.3 is 17.6 Å². The molecule has 3 rings (SSSR count). The molecule has 0 spiro atoms. The molecule has 1 heterocycles. The highest BCUT2D eigenvalue weighted by Gasteiger charge is 2.16. The molecule has 0 aliphatic carbocycles.